The average molecular weight is 220 g/mol. The Labute approximate surface area is 97.3 Å². The Morgan fingerprint density at radius 1 is 1.38 bits per heavy atom. The van der Waals surface area contributed by atoms with Crippen LogP contribution in [0.25, 0.3) is 0 Å². The minimum atomic E-state index is -0.651. The molecule has 16 heavy (non-hydrogen) atoms. The summed E-state index contributed by atoms with van der Waals surface area (Å²) in [6.45, 7) is 3.47. The summed E-state index contributed by atoms with van der Waals surface area (Å²) < 4.78 is 5.45. The Morgan fingerprint density at radius 2 is 2.12 bits per heavy atom. The van der Waals surface area contributed by atoms with Crippen LogP contribution in [0.3, 0.4) is 0 Å². The standard InChI is InChI=1S/C14H20O2/c1-14(15,13-8-5-9-16-11-13)10-12-6-3-2-4-7-12/h2-4,6-7,13,15H,5,8-11H2,1H3. The van der Waals surface area contributed by atoms with Gasteiger partial charge in [0.15, 0.2) is 0 Å². The van der Waals surface area contributed by atoms with Crippen molar-refractivity contribution in [3.63, 3.8) is 0 Å². The molecule has 0 saturated carbocycles. The van der Waals surface area contributed by atoms with Crippen molar-refractivity contribution < 1.29 is 9.84 Å². The third-order valence-electron chi connectivity index (χ3n) is 3.44. The highest BCUT2D eigenvalue weighted by Gasteiger charge is 2.33. The molecule has 2 rings (SSSR count). The Balaban J connectivity index is 2.01. The van der Waals surface area contributed by atoms with E-state index in [2.05, 4.69) is 12.1 Å². The van der Waals surface area contributed by atoms with Gasteiger partial charge in [-0.3, -0.25) is 0 Å². The molecule has 0 aliphatic carbocycles. The van der Waals surface area contributed by atoms with Gasteiger partial charge in [-0.2, -0.15) is 0 Å². The molecule has 1 aliphatic rings. The van der Waals surface area contributed by atoms with Crippen LogP contribution in [-0.2, 0) is 11.2 Å². The Kier molecular flexibility index (Phi) is 3.62. The van der Waals surface area contributed by atoms with Crippen LogP contribution in [0.1, 0.15) is 25.3 Å². The highest BCUT2D eigenvalue weighted by molar-refractivity contribution is 5.17. The van der Waals surface area contributed by atoms with E-state index in [0.717, 1.165) is 19.4 Å². The first kappa shape index (κ1) is 11.6. The molecule has 2 unspecified atom stereocenters. The first-order chi connectivity index (χ1) is 7.68. The predicted molar refractivity (Wildman–Crippen MR) is 64.3 cm³/mol. The molecule has 0 radical (unpaired) electrons. The summed E-state index contributed by atoms with van der Waals surface area (Å²) in [7, 11) is 0. The second-order valence-electron chi connectivity index (χ2n) is 4.93. The second-order valence-corrected chi connectivity index (χ2v) is 4.93. The van der Waals surface area contributed by atoms with Gasteiger partial charge in [0.05, 0.1) is 12.2 Å². The van der Waals surface area contributed by atoms with Crippen molar-refractivity contribution in [1.82, 2.24) is 0 Å². The normalized spacial score (nSPS) is 25.0. The Hall–Kier alpha value is -0.860. The molecule has 1 saturated heterocycles. The zero-order valence-corrected chi connectivity index (χ0v) is 9.86. The molecule has 0 aromatic heterocycles. The van der Waals surface area contributed by atoms with Crippen molar-refractivity contribution >= 4 is 0 Å². The molecule has 1 aromatic carbocycles. The quantitative estimate of drug-likeness (QED) is 0.847. The summed E-state index contributed by atoms with van der Waals surface area (Å²) in [4.78, 5) is 0. The first-order valence-electron chi connectivity index (χ1n) is 6.02. The topological polar surface area (TPSA) is 29.5 Å². The monoisotopic (exact) mass is 220 g/mol. The fourth-order valence-electron chi connectivity index (χ4n) is 2.38. The van der Waals surface area contributed by atoms with Gasteiger partial charge < -0.3 is 9.84 Å². The maximum absolute atomic E-state index is 10.5. The van der Waals surface area contributed by atoms with E-state index >= 15 is 0 Å². The molecule has 0 bridgehead atoms. The Morgan fingerprint density at radius 3 is 2.75 bits per heavy atom. The van der Waals surface area contributed by atoms with Crippen LogP contribution in [-0.4, -0.2) is 23.9 Å². The van der Waals surface area contributed by atoms with Crippen molar-refractivity contribution in [1.29, 1.82) is 0 Å². The summed E-state index contributed by atoms with van der Waals surface area (Å²) in [5.74, 6) is 0.265. The van der Waals surface area contributed by atoms with Gasteiger partial charge in [-0.25, -0.2) is 0 Å². The largest absolute Gasteiger partial charge is 0.389 e. The first-order valence-corrected chi connectivity index (χ1v) is 6.02. The molecule has 2 atom stereocenters. The van der Waals surface area contributed by atoms with Crippen LogP contribution in [0.4, 0.5) is 0 Å². The third kappa shape index (κ3) is 2.83. The van der Waals surface area contributed by atoms with Gasteiger partial charge in [-0.15, -0.1) is 0 Å². The smallest absolute Gasteiger partial charge is 0.0709 e. The minimum absolute atomic E-state index is 0.265. The summed E-state index contributed by atoms with van der Waals surface area (Å²) in [5, 5.41) is 10.5. The van der Waals surface area contributed by atoms with Gasteiger partial charge in [0, 0.05) is 18.9 Å². The minimum Gasteiger partial charge on any atom is -0.389 e. The number of aliphatic hydroxyl groups is 1. The van der Waals surface area contributed by atoms with Crippen LogP contribution < -0.4 is 0 Å². The predicted octanol–water partition coefficient (Wildman–Crippen LogP) is 2.41. The molecule has 1 fully saturated rings. The van der Waals surface area contributed by atoms with E-state index in [1.54, 1.807) is 0 Å². The van der Waals surface area contributed by atoms with Gasteiger partial charge in [-0.1, -0.05) is 30.3 Å². The fourth-order valence-corrected chi connectivity index (χ4v) is 2.38. The maximum Gasteiger partial charge on any atom is 0.0709 e. The molecule has 1 aromatic rings. The molecular formula is C14H20O2. The van der Waals surface area contributed by atoms with Gasteiger partial charge in [-0.05, 0) is 25.3 Å². The van der Waals surface area contributed by atoms with Crippen LogP contribution in [0, 0.1) is 5.92 Å². The summed E-state index contributed by atoms with van der Waals surface area (Å²) in [6, 6.07) is 10.2. The molecular weight excluding hydrogens is 200 g/mol. The number of hydrogen-bond donors (Lipinski definition) is 1. The Bertz CT molecular complexity index is 313. The zero-order chi connectivity index (χ0) is 11.4. The van der Waals surface area contributed by atoms with Crippen molar-refractivity contribution in [2.75, 3.05) is 13.2 Å². The molecule has 1 aliphatic heterocycles. The lowest BCUT2D eigenvalue weighted by Crippen LogP contribution is -2.41. The number of rotatable bonds is 3. The van der Waals surface area contributed by atoms with Crippen molar-refractivity contribution in [3.8, 4) is 0 Å². The van der Waals surface area contributed by atoms with E-state index in [1.807, 2.05) is 25.1 Å². The van der Waals surface area contributed by atoms with Crippen molar-refractivity contribution in [2.45, 2.75) is 31.8 Å². The van der Waals surface area contributed by atoms with Crippen LogP contribution in [0.5, 0.6) is 0 Å². The van der Waals surface area contributed by atoms with Crippen molar-refractivity contribution in [3.05, 3.63) is 35.9 Å². The number of hydrogen-bond acceptors (Lipinski definition) is 2. The van der Waals surface area contributed by atoms with Gasteiger partial charge in [0.2, 0.25) is 0 Å². The van der Waals surface area contributed by atoms with E-state index < -0.39 is 5.60 Å². The molecule has 2 heteroatoms. The lowest BCUT2D eigenvalue weighted by atomic mass is 9.81. The molecule has 0 spiro atoms. The van der Waals surface area contributed by atoms with E-state index in [0.29, 0.717) is 13.0 Å². The summed E-state index contributed by atoms with van der Waals surface area (Å²) >= 11 is 0. The van der Waals surface area contributed by atoms with Crippen LogP contribution in [0.2, 0.25) is 0 Å². The molecule has 1 heterocycles. The van der Waals surface area contributed by atoms with E-state index in [4.69, 9.17) is 4.74 Å². The average Bonchev–Trinajstić information content (AvgIpc) is 2.31. The van der Waals surface area contributed by atoms with E-state index in [9.17, 15) is 5.11 Å². The molecule has 88 valence electrons. The second kappa shape index (κ2) is 4.98. The van der Waals surface area contributed by atoms with Gasteiger partial charge in [0.25, 0.3) is 0 Å². The third-order valence-corrected chi connectivity index (χ3v) is 3.44. The summed E-state index contributed by atoms with van der Waals surface area (Å²) in [5.41, 5.74) is 0.542. The van der Waals surface area contributed by atoms with Crippen molar-refractivity contribution in [2.24, 2.45) is 5.92 Å². The van der Waals surface area contributed by atoms with E-state index in [-0.39, 0.29) is 5.92 Å². The van der Waals surface area contributed by atoms with E-state index in [1.165, 1.54) is 5.56 Å². The highest BCUT2D eigenvalue weighted by Crippen LogP contribution is 2.28. The number of ether oxygens (including phenoxy) is 1. The van der Waals surface area contributed by atoms with Crippen LogP contribution in [0.15, 0.2) is 30.3 Å². The summed E-state index contributed by atoms with van der Waals surface area (Å²) in [6.07, 6.45) is 2.84. The molecule has 2 nitrogen and oxygen atoms in total. The number of benzene rings is 1. The van der Waals surface area contributed by atoms with Crippen LogP contribution >= 0.6 is 0 Å². The highest BCUT2D eigenvalue weighted by atomic mass is 16.5. The van der Waals surface area contributed by atoms with Gasteiger partial charge >= 0.3 is 0 Å². The fraction of sp³-hybridized carbons (Fsp3) is 0.571. The SMILES string of the molecule is CC(O)(Cc1ccccc1)C1CCCOC1. The molecule has 0 amide bonds. The molecule has 1 N–H and O–H groups in total. The zero-order valence-electron chi connectivity index (χ0n) is 9.86. The lowest BCUT2D eigenvalue weighted by molar-refractivity contribution is -0.0673. The maximum atomic E-state index is 10.5. The van der Waals surface area contributed by atoms with Gasteiger partial charge in [0.1, 0.15) is 0 Å². The lowest BCUT2D eigenvalue weighted by Gasteiger charge is -2.35.